The van der Waals surface area contributed by atoms with E-state index in [1.54, 1.807) is 4.90 Å². The maximum absolute atomic E-state index is 13.6. The van der Waals surface area contributed by atoms with Gasteiger partial charge in [-0.25, -0.2) is 0 Å². The second-order valence-corrected chi connectivity index (χ2v) is 8.52. The lowest BCUT2D eigenvalue weighted by Crippen LogP contribution is -2.51. The van der Waals surface area contributed by atoms with Gasteiger partial charge in [-0.1, -0.05) is 104 Å². The Morgan fingerprint density at radius 2 is 1.42 bits per heavy atom. The Balaban J connectivity index is 1.90. The first-order valence-corrected chi connectivity index (χ1v) is 11.8. The highest BCUT2D eigenvalue weighted by Crippen LogP contribution is 2.17. The summed E-state index contributed by atoms with van der Waals surface area (Å²) in [4.78, 5) is 28.7. The summed E-state index contributed by atoms with van der Waals surface area (Å²) in [7, 11) is 0. The average molecular weight is 443 g/mol. The van der Waals surface area contributed by atoms with Crippen LogP contribution in [0.3, 0.4) is 0 Å². The number of carbonyl (C=O) groups excluding carboxylic acids is 2. The molecule has 0 saturated carbocycles. The molecule has 172 valence electrons. The van der Waals surface area contributed by atoms with Gasteiger partial charge in [-0.2, -0.15) is 0 Å². The van der Waals surface area contributed by atoms with Crippen LogP contribution >= 0.6 is 0 Å². The minimum Gasteiger partial charge on any atom is -0.354 e. The largest absolute Gasteiger partial charge is 0.354 e. The van der Waals surface area contributed by atoms with E-state index in [4.69, 9.17) is 0 Å². The number of nitrogens with zero attached hydrogens (tertiary/aromatic N) is 1. The molecule has 1 atom stereocenters. The fourth-order valence-electron chi connectivity index (χ4n) is 3.82. The zero-order valence-corrected chi connectivity index (χ0v) is 19.7. The second-order valence-electron chi connectivity index (χ2n) is 8.52. The zero-order chi connectivity index (χ0) is 23.5. The number of hydrogen-bond acceptors (Lipinski definition) is 2. The molecule has 0 spiro atoms. The standard InChI is InChI=1S/C29H34N2O2/c1-3-4-19-30-29(33)27(20-24-11-7-5-8-12-24)31(22-26-13-9-6-10-14-26)28(32)21-25-17-15-23(2)16-18-25/h5-18,27H,3-4,19-22H2,1-2H3,(H,30,33)/t27-/m1/s1. The number of nitrogens with one attached hydrogen (secondary N) is 1. The molecule has 33 heavy (non-hydrogen) atoms. The van der Waals surface area contributed by atoms with E-state index in [9.17, 15) is 9.59 Å². The van der Waals surface area contributed by atoms with Crippen molar-refractivity contribution < 1.29 is 9.59 Å². The molecular weight excluding hydrogens is 408 g/mol. The lowest BCUT2D eigenvalue weighted by Gasteiger charge is -2.31. The molecule has 3 aromatic carbocycles. The van der Waals surface area contributed by atoms with Crippen LogP contribution in [0.4, 0.5) is 0 Å². The Labute approximate surface area is 197 Å². The zero-order valence-electron chi connectivity index (χ0n) is 19.7. The average Bonchev–Trinajstić information content (AvgIpc) is 2.84. The van der Waals surface area contributed by atoms with Gasteiger partial charge >= 0.3 is 0 Å². The molecular formula is C29H34N2O2. The Morgan fingerprint density at radius 3 is 2.03 bits per heavy atom. The maximum atomic E-state index is 13.6. The number of amides is 2. The van der Waals surface area contributed by atoms with Gasteiger partial charge in [0, 0.05) is 19.5 Å². The normalized spacial score (nSPS) is 11.6. The van der Waals surface area contributed by atoms with E-state index in [2.05, 4.69) is 12.2 Å². The first kappa shape index (κ1) is 24.2. The molecule has 0 aliphatic carbocycles. The van der Waals surface area contributed by atoms with Crippen LogP contribution in [0.15, 0.2) is 84.9 Å². The van der Waals surface area contributed by atoms with Gasteiger partial charge in [0.05, 0.1) is 6.42 Å². The first-order valence-electron chi connectivity index (χ1n) is 11.8. The smallest absolute Gasteiger partial charge is 0.243 e. The molecule has 4 nitrogen and oxygen atoms in total. The van der Waals surface area contributed by atoms with Crippen molar-refractivity contribution in [3.8, 4) is 0 Å². The first-order chi connectivity index (χ1) is 16.1. The van der Waals surface area contributed by atoms with Crippen LogP contribution in [-0.2, 0) is 29.0 Å². The van der Waals surface area contributed by atoms with Gasteiger partial charge in [0.2, 0.25) is 11.8 Å². The van der Waals surface area contributed by atoms with Crippen LogP contribution in [0, 0.1) is 6.92 Å². The molecule has 0 radical (unpaired) electrons. The lowest BCUT2D eigenvalue weighted by atomic mass is 10.0. The van der Waals surface area contributed by atoms with Crippen molar-refractivity contribution in [3.63, 3.8) is 0 Å². The van der Waals surface area contributed by atoms with Crippen LogP contribution < -0.4 is 5.32 Å². The fourth-order valence-corrected chi connectivity index (χ4v) is 3.82. The Hall–Kier alpha value is -3.40. The van der Waals surface area contributed by atoms with E-state index in [1.165, 1.54) is 0 Å². The van der Waals surface area contributed by atoms with Gasteiger partial charge < -0.3 is 10.2 Å². The Morgan fingerprint density at radius 1 is 0.818 bits per heavy atom. The van der Waals surface area contributed by atoms with Crippen molar-refractivity contribution >= 4 is 11.8 Å². The molecule has 3 rings (SSSR count). The quantitative estimate of drug-likeness (QED) is 0.420. The number of aryl methyl sites for hydroxylation is 1. The maximum Gasteiger partial charge on any atom is 0.243 e. The highest BCUT2D eigenvalue weighted by Gasteiger charge is 2.30. The molecule has 0 aliphatic rings. The van der Waals surface area contributed by atoms with Gasteiger partial charge in [0.25, 0.3) is 0 Å². The number of hydrogen-bond donors (Lipinski definition) is 1. The predicted molar refractivity (Wildman–Crippen MR) is 134 cm³/mol. The van der Waals surface area contributed by atoms with Crippen molar-refractivity contribution in [2.75, 3.05) is 6.54 Å². The topological polar surface area (TPSA) is 49.4 Å². The van der Waals surface area contributed by atoms with Crippen LogP contribution in [0.2, 0.25) is 0 Å². The summed E-state index contributed by atoms with van der Waals surface area (Å²) < 4.78 is 0. The van der Waals surface area contributed by atoms with E-state index < -0.39 is 6.04 Å². The monoisotopic (exact) mass is 442 g/mol. The van der Waals surface area contributed by atoms with Crippen LogP contribution in [0.25, 0.3) is 0 Å². The highest BCUT2D eigenvalue weighted by molar-refractivity contribution is 5.88. The molecule has 0 aliphatic heterocycles. The number of unbranched alkanes of at least 4 members (excludes halogenated alkanes) is 1. The molecule has 2 amide bonds. The van der Waals surface area contributed by atoms with Crippen molar-refractivity contribution in [1.82, 2.24) is 10.2 Å². The summed E-state index contributed by atoms with van der Waals surface area (Å²) in [6.07, 6.45) is 2.66. The molecule has 0 heterocycles. The molecule has 0 bridgehead atoms. The summed E-state index contributed by atoms with van der Waals surface area (Å²) in [5.74, 6) is -0.144. The van der Waals surface area contributed by atoms with Crippen molar-refractivity contribution in [3.05, 3.63) is 107 Å². The summed E-state index contributed by atoms with van der Waals surface area (Å²) in [6.45, 7) is 5.14. The van der Waals surface area contributed by atoms with Crippen molar-refractivity contribution in [2.45, 2.75) is 52.1 Å². The predicted octanol–water partition coefficient (Wildman–Crippen LogP) is 5.09. The van der Waals surface area contributed by atoms with Gasteiger partial charge in [-0.3, -0.25) is 9.59 Å². The van der Waals surface area contributed by atoms with Crippen molar-refractivity contribution in [1.29, 1.82) is 0 Å². The van der Waals surface area contributed by atoms with Gasteiger partial charge in [0.15, 0.2) is 0 Å². The van der Waals surface area contributed by atoms with E-state index in [-0.39, 0.29) is 18.2 Å². The van der Waals surface area contributed by atoms with E-state index in [1.807, 2.05) is 91.9 Å². The molecule has 0 aromatic heterocycles. The molecule has 1 N–H and O–H groups in total. The summed E-state index contributed by atoms with van der Waals surface area (Å²) in [5.41, 5.74) is 4.15. The second kappa shape index (κ2) is 12.6. The van der Waals surface area contributed by atoms with E-state index in [0.29, 0.717) is 19.5 Å². The van der Waals surface area contributed by atoms with Gasteiger partial charge in [0.1, 0.15) is 6.04 Å². The Kier molecular flexibility index (Phi) is 9.25. The molecule has 4 heteroatoms. The van der Waals surface area contributed by atoms with Gasteiger partial charge in [-0.15, -0.1) is 0 Å². The third-order valence-corrected chi connectivity index (χ3v) is 5.77. The minimum atomic E-state index is -0.581. The SMILES string of the molecule is CCCCNC(=O)[C@@H](Cc1ccccc1)N(Cc1ccccc1)C(=O)Cc1ccc(C)cc1. The summed E-state index contributed by atoms with van der Waals surface area (Å²) in [5, 5.41) is 3.06. The third-order valence-electron chi connectivity index (χ3n) is 5.77. The fraction of sp³-hybridized carbons (Fsp3) is 0.310. The van der Waals surface area contributed by atoms with E-state index >= 15 is 0 Å². The molecule has 3 aromatic rings. The molecule has 0 fully saturated rings. The molecule has 0 saturated heterocycles. The number of benzene rings is 3. The summed E-state index contributed by atoms with van der Waals surface area (Å²) >= 11 is 0. The lowest BCUT2D eigenvalue weighted by molar-refractivity contribution is -0.140. The van der Waals surface area contributed by atoms with Crippen LogP contribution in [0.5, 0.6) is 0 Å². The van der Waals surface area contributed by atoms with Gasteiger partial charge in [-0.05, 0) is 30.0 Å². The Bertz CT molecular complexity index is 1000. The molecule has 0 unspecified atom stereocenters. The van der Waals surface area contributed by atoms with Crippen molar-refractivity contribution in [2.24, 2.45) is 0 Å². The van der Waals surface area contributed by atoms with Crippen LogP contribution in [0.1, 0.15) is 42.0 Å². The van der Waals surface area contributed by atoms with Crippen LogP contribution in [-0.4, -0.2) is 29.3 Å². The van der Waals surface area contributed by atoms with E-state index in [0.717, 1.165) is 35.1 Å². The third kappa shape index (κ3) is 7.60. The number of carbonyl (C=O) groups is 2. The number of rotatable bonds is 11. The minimum absolute atomic E-state index is 0.0470. The summed E-state index contributed by atoms with van der Waals surface area (Å²) in [6, 6.07) is 27.2. The highest BCUT2D eigenvalue weighted by atomic mass is 16.2.